The number of aryl methyl sites for hydroxylation is 1. The number of hydrogen-bond acceptors (Lipinski definition) is 4. The highest BCUT2D eigenvalue weighted by Gasteiger charge is 1.99. The Balaban J connectivity index is 2.69. The quantitative estimate of drug-likeness (QED) is 0.576. The molecule has 0 bridgehead atoms. The maximum absolute atomic E-state index is 4.18. The molecular weight excluding hydrogens is 142 g/mol. The Morgan fingerprint density at radius 3 is 3.09 bits per heavy atom. The van der Waals surface area contributed by atoms with E-state index in [1.807, 2.05) is 6.92 Å². The molecule has 0 aromatic carbocycles. The van der Waals surface area contributed by atoms with Gasteiger partial charge in [0, 0.05) is 6.42 Å². The highest BCUT2D eigenvalue weighted by molar-refractivity contribution is 5.31. The summed E-state index contributed by atoms with van der Waals surface area (Å²) < 4.78 is 1.62. The fraction of sp³-hybridized carbons (Fsp3) is 0.333. The highest BCUT2D eigenvalue weighted by atomic mass is 15.3. The van der Waals surface area contributed by atoms with Crippen LogP contribution in [0, 0.1) is 0 Å². The van der Waals surface area contributed by atoms with Crippen molar-refractivity contribution in [3.05, 3.63) is 18.3 Å². The summed E-state index contributed by atoms with van der Waals surface area (Å²) in [5.41, 5.74) is 0.747. The number of rotatable bonds is 1. The first-order chi connectivity index (χ1) is 5.40. The molecule has 0 radical (unpaired) electrons. The van der Waals surface area contributed by atoms with Gasteiger partial charge in [0.05, 0.1) is 6.20 Å². The summed E-state index contributed by atoms with van der Waals surface area (Å²) in [6.07, 6.45) is 3.97. The minimum absolute atomic E-state index is 0.747. The molecule has 0 aliphatic rings. The van der Waals surface area contributed by atoms with E-state index in [1.165, 1.54) is 0 Å². The third-order valence-corrected chi connectivity index (χ3v) is 1.42. The highest BCUT2D eigenvalue weighted by Crippen LogP contribution is 1.96. The van der Waals surface area contributed by atoms with Gasteiger partial charge in [-0.25, -0.2) is 4.98 Å². The molecule has 11 heavy (non-hydrogen) atoms. The van der Waals surface area contributed by atoms with Gasteiger partial charge in [0.25, 0.3) is 0 Å². The van der Waals surface area contributed by atoms with Gasteiger partial charge >= 0.3 is 0 Å². The SMILES string of the molecule is CCc1nc2cnncn2n1. The number of nitrogens with zero attached hydrogens (tertiary/aromatic N) is 5. The zero-order valence-electron chi connectivity index (χ0n) is 6.10. The van der Waals surface area contributed by atoms with Crippen molar-refractivity contribution in [3.8, 4) is 0 Å². The topological polar surface area (TPSA) is 56.0 Å². The van der Waals surface area contributed by atoms with Crippen molar-refractivity contribution in [2.24, 2.45) is 0 Å². The van der Waals surface area contributed by atoms with Crippen molar-refractivity contribution in [2.75, 3.05) is 0 Å². The lowest BCUT2D eigenvalue weighted by molar-refractivity contribution is 0.835. The smallest absolute Gasteiger partial charge is 0.177 e. The molecule has 0 spiro atoms. The van der Waals surface area contributed by atoms with Gasteiger partial charge < -0.3 is 0 Å². The van der Waals surface area contributed by atoms with Crippen LogP contribution in [0.4, 0.5) is 0 Å². The molecule has 0 atom stereocenters. The van der Waals surface area contributed by atoms with E-state index in [-0.39, 0.29) is 0 Å². The minimum Gasteiger partial charge on any atom is -0.210 e. The Morgan fingerprint density at radius 2 is 2.36 bits per heavy atom. The molecule has 0 amide bonds. The van der Waals surface area contributed by atoms with Crippen LogP contribution in [-0.2, 0) is 6.42 Å². The van der Waals surface area contributed by atoms with Gasteiger partial charge in [-0.15, -0.1) is 10.2 Å². The molecule has 0 saturated heterocycles. The molecule has 2 aromatic heterocycles. The van der Waals surface area contributed by atoms with Gasteiger partial charge in [0.1, 0.15) is 6.33 Å². The standard InChI is InChI=1S/C6H7N5/c1-2-5-9-6-3-7-8-4-11(6)10-5/h3-4H,2H2,1H3. The van der Waals surface area contributed by atoms with Gasteiger partial charge in [0.2, 0.25) is 0 Å². The van der Waals surface area contributed by atoms with Crippen LogP contribution in [0.15, 0.2) is 12.5 Å². The van der Waals surface area contributed by atoms with Crippen LogP contribution in [0.3, 0.4) is 0 Å². The van der Waals surface area contributed by atoms with Crippen molar-refractivity contribution in [1.29, 1.82) is 0 Å². The molecule has 0 aliphatic carbocycles. The number of aromatic nitrogens is 5. The Morgan fingerprint density at radius 1 is 1.45 bits per heavy atom. The molecule has 0 unspecified atom stereocenters. The fourth-order valence-electron chi connectivity index (χ4n) is 0.868. The third kappa shape index (κ3) is 0.938. The van der Waals surface area contributed by atoms with E-state index in [1.54, 1.807) is 17.0 Å². The predicted molar refractivity (Wildman–Crippen MR) is 38.0 cm³/mol. The molecular formula is C6H7N5. The monoisotopic (exact) mass is 149 g/mol. The Bertz CT molecular complexity index is 333. The zero-order chi connectivity index (χ0) is 7.68. The van der Waals surface area contributed by atoms with E-state index in [9.17, 15) is 0 Å². The second-order valence-electron chi connectivity index (χ2n) is 2.16. The van der Waals surface area contributed by atoms with Crippen LogP contribution in [0.2, 0.25) is 0 Å². The second-order valence-corrected chi connectivity index (χ2v) is 2.16. The molecule has 2 heterocycles. The van der Waals surface area contributed by atoms with Crippen LogP contribution in [0.5, 0.6) is 0 Å². The number of hydrogen-bond donors (Lipinski definition) is 0. The predicted octanol–water partition coefficient (Wildman–Crippen LogP) is 0.0817. The first-order valence-corrected chi connectivity index (χ1v) is 3.42. The summed E-state index contributed by atoms with van der Waals surface area (Å²) in [5, 5.41) is 11.5. The number of fused-ring (bicyclic) bond motifs is 1. The summed E-state index contributed by atoms with van der Waals surface area (Å²) in [6.45, 7) is 2.01. The van der Waals surface area contributed by atoms with Crippen LogP contribution < -0.4 is 0 Å². The lowest BCUT2D eigenvalue weighted by Crippen LogP contribution is -1.90. The van der Waals surface area contributed by atoms with Crippen LogP contribution in [0.1, 0.15) is 12.7 Å². The molecule has 0 N–H and O–H groups in total. The summed E-state index contributed by atoms with van der Waals surface area (Å²) in [4.78, 5) is 4.18. The van der Waals surface area contributed by atoms with E-state index >= 15 is 0 Å². The van der Waals surface area contributed by atoms with Gasteiger partial charge in [-0.1, -0.05) is 6.92 Å². The van der Waals surface area contributed by atoms with E-state index in [0.717, 1.165) is 17.9 Å². The van der Waals surface area contributed by atoms with Crippen LogP contribution >= 0.6 is 0 Å². The van der Waals surface area contributed by atoms with Crippen molar-refractivity contribution in [2.45, 2.75) is 13.3 Å². The van der Waals surface area contributed by atoms with Gasteiger partial charge in [-0.05, 0) is 0 Å². The van der Waals surface area contributed by atoms with E-state index in [4.69, 9.17) is 0 Å². The van der Waals surface area contributed by atoms with Crippen molar-refractivity contribution in [1.82, 2.24) is 24.8 Å². The van der Waals surface area contributed by atoms with Crippen LogP contribution in [-0.4, -0.2) is 24.8 Å². The summed E-state index contributed by atoms with van der Waals surface area (Å²) in [6, 6.07) is 0. The minimum atomic E-state index is 0.747. The lowest BCUT2D eigenvalue weighted by Gasteiger charge is -1.83. The van der Waals surface area contributed by atoms with Gasteiger partial charge in [-0.2, -0.15) is 9.61 Å². The van der Waals surface area contributed by atoms with E-state index < -0.39 is 0 Å². The first kappa shape index (κ1) is 6.21. The van der Waals surface area contributed by atoms with E-state index in [2.05, 4.69) is 20.3 Å². The molecule has 0 saturated carbocycles. The van der Waals surface area contributed by atoms with Gasteiger partial charge in [0.15, 0.2) is 11.5 Å². The third-order valence-electron chi connectivity index (χ3n) is 1.42. The average Bonchev–Trinajstić information content (AvgIpc) is 2.46. The van der Waals surface area contributed by atoms with Crippen molar-refractivity contribution >= 4 is 5.65 Å². The summed E-state index contributed by atoms with van der Waals surface area (Å²) in [5.74, 6) is 0.819. The fourth-order valence-corrected chi connectivity index (χ4v) is 0.868. The van der Waals surface area contributed by atoms with E-state index in [0.29, 0.717) is 0 Å². The molecule has 56 valence electrons. The maximum atomic E-state index is 4.18. The Kier molecular flexibility index (Phi) is 1.28. The average molecular weight is 149 g/mol. The summed E-state index contributed by atoms with van der Waals surface area (Å²) in [7, 11) is 0. The first-order valence-electron chi connectivity index (χ1n) is 3.42. The maximum Gasteiger partial charge on any atom is 0.177 e. The van der Waals surface area contributed by atoms with Gasteiger partial charge in [-0.3, -0.25) is 0 Å². The van der Waals surface area contributed by atoms with Crippen molar-refractivity contribution in [3.63, 3.8) is 0 Å². The Hall–Kier alpha value is -1.52. The molecule has 5 heteroatoms. The largest absolute Gasteiger partial charge is 0.210 e. The summed E-state index contributed by atoms with van der Waals surface area (Å²) >= 11 is 0. The van der Waals surface area contributed by atoms with Crippen LogP contribution in [0.25, 0.3) is 5.65 Å². The molecule has 0 aliphatic heterocycles. The second kappa shape index (κ2) is 2.26. The lowest BCUT2D eigenvalue weighted by atomic mass is 10.5. The molecule has 2 aromatic rings. The Labute approximate surface area is 63.1 Å². The molecule has 5 nitrogen and oxygen atoms in total. The molecule has 2 rings (SSSR count). The normalized spacial score (nSPS) is 10.6. The molecule has 0 fully saturated rings. The zero-order valence-corrected chi connectivity index (χ0v) is 6.10. The van der Waals surface area contributed by atoms with Crippen molar-refractivity contribution < 1.29 is 0 Å².